The van der Waals surface area contributed by atoms with Crippen molar-refractivity contribution in [1.29, 1.82) is 0 Å². The first kappa shape index (κ1) is 10.1. The Bertz CT molecular complexity index is 501. The zero-order valence-corrected chi connectivity index (χ0v) is 8.55. The number of carbonyl (C=O) groups excluding carboxylic acids is 1. The third-order valence-corrected chi connectivity index (χ3v) is 2.70. The van der Waals surface area contributed by atoms with Crippen LogP contribution in [0.3, 0.4) is 0 Å². The van der Waals surface area contributed by atoms with Gasteiger partial charge < -0.3 is 0 Å². The van der Waals surface area contributed by atoms with Gasteiger partial charge >= 0.3 is 0 Å². The van der Waals surface area contributed by atoms with E-state index >= 15 is 0 Å². The Balaban J connectivity index is 2.52. The van der Waals surface area contributed by atoms with Crippen LogP contribution in [0.25, 0.3) is 10.8 Å². The van der Waals surface area contributed by atoms with Gasteiger partial charge in [-0.3, -0.25) is 4.79 Å². The van der Waals surface area contributed by atoms with Gasteiger partial charge in [0.15, 0.2) is 0 Å². The zero-order chi connectivity index (χ0) is 10.7. The Morgan fingerprint density at radius 3 is 2.67 bits per heavy atom. The van der Waals surface area contributed by atoms with Gasteiger partial charge in [0.2, 0.25) is 0 Å². The molecule has 76 valence electrons. The second kappa shape index (κ2) is 4.42. The Labute approximate surface area is 90.5 Å². The molecule has 0 aliphatic rings. The Hall–Kier alpha value is -1.39. The van der Waals surface area contributed by atoms with Crippen molar-refractivity contribution in [3.63, 3.8) is 0 Å². The minimum atomic E-state index is 0.623. The molecule has 0 aromatic heterocycles. The quantitative estimate of drug-likeness (QED) is 0.490. The number of nitrogens with one attached hydrogen (secondary N) is 1. The van der Waals surface area contributed by atoms with Crippen LogP contribution in [0.5, 0.6) is 0 Å². The first-order valence-electron chi connectivity index (χ1n) is 4.35. The van der Waals surface area contributed by atoms with Crippen molar-refractivity contribution in [1.82, 2.24) is 4.94 Å². The normalized spacial score (nSPS) is 10.5. The van der Waals surface area contributed by atoms with E-state index in [-0.39, 0.29) is 0 Å². The minimum Gasteiger partial charge on any atom is -0.298 e. The summed E-state index contributed by atoms with van der Waals surface area (Å²) in [5, 5.41) is 1.96. The lowest BCUT2D eigenvalue weighted by Crippen LogP contribution is -1.85. The highest BCUT2D eigenvalue weighted by Crippen LogP contribution is 2.22. The maximum Gasteiger partial charge on any atom is 0.150 e. The van der Waals surface area contributed by atoms with E-state index in [0.717, 1.165) is 33.9 Å². The topological polar surface area (TPSA) is 29.1 Å². The molecular weight excluding hydrogens is 213 g/mol. The minimum absolute atomic E-state index is 0.623. The maximum absolute atomic E-state index is 11.9. The molecular formula is C11H8FNOS. The number of benzene rings is 2. The highest BCUT2D eigenvalue weighted by atomic mass is 32.2. The summed E-state index contributed by atoms with van der Waals surface area (Å²) >= 11 is 0.899. The van der Waals surface area contributed by atoms with Gasteiger partial charge in [0, 0.05) is 10.5 Å². The third kappa shape index (κ3) is 2.16. The molecule has 0 spiro atoms. The van der Waals surface area contributed by atoms with Gasteiger partial charge in [0.05, 0.1) is 0 Å². The number of fused-ring (bicyclic) bond motifs is 1. The lowest BCUT2D eigenvalue weighted by Gasteiger charge is -2.01. The van der Waals surface area contributed by atoms with Crippen LogP contribution in [0.2, 0.25) is 0 Å². The number of carbonyl (C=O) groups is 1. The number of halogens is 1. The number of aldehydes is 1. The molecule has 0 aliphatic carbocycles. The van der Waals surface area contributed by atoms with Gasteiger partial charge in [-0.15, -0.1) is 4.48 Å². The van der Waals surface area contributed by atoms with Crippen molar-refractivity contribution in [3.05, 3.63) is 42.0 Å². The molecule has 0 heterocycles. The van der Waals surface area contributed by atoms with Crippen molar-refractivity contribution >= 4 is 29.0 Å². The molecule has 2 aromatic rings. The highest BCUT2D eigenvalue weighted by Gasteiger charge is 1.98. The SMILES string of the molecule is O=Cc1ccc2ccc(SNF)cc2c1. The monoisotopic (exact) mass is 221 g/mol. The van der Waals surface area contributed by atoms with Crippen molar-refractivity contribution in [3.8, 4) is 0 Å². The van der Waals surface area contributed by atoms with Gasteiger partial charge in [-0.1, -0.05) is 23.1 Å². The molecule has 0 atom stereocenters. The lowest BCUT2D eigenvalue weighted by molar-refractivity contribution is 0.112. The number of hydrogen-bond donors (Lipinski definition) is 1. The van der Waals surface area contributed by atoms with Crippen LogP contribution in [0, 0.1) is 0 Å². The maximum atomic E-state index is 11.9. The first-order valence-corrected chi connectivity index (χ1v) is 5.16. The third-order valence-electron chi connectivity index (χ3n) is 2.13. The molecule has 1 N–H and O–H groups in total. The predicted octanol–water partition coefficient (Wildman–Crippen LogP) is 3.13. The zero-order valence-electron chi connectivity index (χ0n) is 7.74. The molecule has 15 heavy (non-hydrogen) atoms. The molecule has 0 amide bonds. The average molecular weight is 221 g/mol. The molecule has 0 saturated heterocycles. The van der Waals surface area contributed by atoms with Crippen molar-refractivity contribution in [2.75, 3.05) is 0 Å². The van der Waals surface area contributed by atoms with E-state index in [9.17, 15) is 9.28 Å². The molecule has 0 unspecified atom stereocenters. The Morgan fingerprint density at radius 1 is 1.13 bits per heavy atom. The Morgan fingerprint density at radius 2 is 1.93 bits per heavy atom. The van der Waals surface area contributed by atoms with E-state index in [1.54, 1.807) is 12.1 Å². The molecule has 2 aromatic carbocycles. The molecule has 0 radical (unpaired) electrons. The van der Waals surface area contributed by atoms with Gasteiger partial charge in [0.25, 0.3) is 0 Å². The van der Waals surface area contributed by atoms with E-state index in [1.165, 1.54) is 4.94 Å². The summed E-state index contributed by atoms with van der Waals surface area (Å²) in [5.74, 6) is 0. The second-order valence-electron chi connectivity index (χ2n) is 3.07. The van der Waals surface area contributed by atoms with Crippen molar-refractivity contribution < 1.29 is 9.28 Å². The van der Waals surface area contributed by atoms with E-state index < -0.39 is 0 Å². The second-order valence-corrected chi connectivity index (χ2v) is 3.90. The van der Waals surface area contributed by atoms with Crippen LogP contribution < -0.4 is 4.94 Å². The van der Waals surface area contributed by atoms with E-state index in [2.05, 4.69) is 0 Å². The van der Waals surface area contributed by atoms with Crippen LogP contribution in [0.4, 0.5) is 4.48 Å². The number of hydrogen-bond acceptors (Lipinski definition) is 3. The summed E-state index contributed by atoms with van der Waals surface area (Å²) in [5.41, 5.74) is 0.623. The van der Waals surface area contributed by atoms with Crippen LogP contribution in [-0.4, -0.2) is 6.29 Å². The largest absolute Gasteiger partial charge is 0.298 e. The standard InChI is InChI=1S/C11H8FNOS/c12-13-15-11-4-3-9-2-1-8(7-14)5-10(9)6-11/h1-7,13H. The molecule has 0 saturated carbocycles. The summed E-state index contributed by atoms with van der Waals surface area (Å²) in [7, 11) is 0. The summed E-state index contributed by atoms with van der Waals surface area (Å²) in [6.45, 7) is 0. The molecule has 0 fully saturated rings. The number of rotatable bonds is 3. The smallest absolute Gasteiger partial charge is 0.150 e. The van der Waals surface area contributed by atoms with Gasteiger partial charge in [-0.25, -0.2) is 0 Å². The molecule has 2 nitrogen and oxygen atoms in total. The van der Waals surface area contributed by atoms with E-state index in [0.29, 0.717) is 5.56 Å². The van der Waals surface area contributed by atoms with E-state index in [1.807, 2.05) is 24.3 Å². The van der Waals surface area contributed by atoms with Crippen LogP contribution in [0.1, 0.15) is 10.4 Å². The first-order chi connectivity index (χ1) is 7.33. The van der Waals surface area contributed by atoms with Gasteiger partial charge in [-0.2, -0.15) is 0 Å². The fraction of sp³-hybridized carbons (Fsp3) is 0. The summed E-state index contributed by atoms with van der Waals surface area (Å²) in [6.07, 6.45) is 0.798. The molecule has 4 heteroatoms. The highest BCUT2D eigenvalue weighted by molar-refractivity contribution is 7.97. The molecule has 0 aliphatic heterocycles. The van der Waals surface area contributed by atoms with Crippen LogP contribution >= 0.6 is 11.9 Å². The Kier molecular flexibility index (Phi) is 2.99. The van der Waals surface area contributed by atoms with E-state index in [4.69, 9.17) is 0 Å². The predicted molar refractivity (Wildman–Crippen MR) is 59.4 cm³/mol. The lowest BCUT2D eigenvalue weighted by atomic mass is 10.1. The van der Waals surface area contributed by atoms with Gasteiger partial charge in [-0.05, 0) is 40.9 Å². The summed E-state index contributed by atoms with van der Waals surface area (Å²) in [6, 6.07) is 11.0. The summed E-state index contributed by atoms with van der Waals surface area (Å²) < 4.78 is 11.9. The van der Waals surface area contributed by atoms with Crippen molar-refractivity contribution in [2.45, 2.75) is 4.90 Å². The van der Waals surface area contributed by atoms with Crippen LogP contribution in [-0.2, 0) is 0 Å². The summed E-state index contributed by atoms with van der Waals surface area (Å²) in [4.78, 5) is 12.9. The van der Waals surface area contributed by atoms with Crippen LogP contribution in [0.15, 0.2) is 41.3 Å². The fourth-order valence-corrected chi connectivity index (χ4v) is 1.84. The van der Waals surface area contributed by atoms with Crippen molar-refractivity contribution in [2.24, 2.45) is 0 Å². The fourth-order valence-electron chi connectivity index (χ4n) is 1.42. The van der Waals surface area contributed by atoms with Gasteiger partial charge in [0.1, 0.15) is 6.29 Å². The average Bonchev–Trinajstić information content (AvgIpc) is 2.28. The molecule has 2 rings (SSSR count). The molecule has 0 bridgehead atoms.